The molecule has 0 atom stereocenters. The van der Waals surface area contributed by atoms with Crippen LogP contribution in [0.15, 0.2) is 42.5 Å². The van der Waals surface area contributed by atoms with E-state index in [1.807, 2.05) is 0 Å². The summed E-state index contributed by atoms with van der Waals surface area (Å²) in [5.74, 6) is -0.659. The zero-order valence-corrected chi connectivity index (χ0v) is 9.50. The predicted molar refractivity (Wildman–Crippen MR) is 64.6 cm³/mol. The molecule has 0 aromatic heterocycles. The molecule has 0 spiro atoms. The van der Waals surface area contributed by atoms with Crippen LogP contribution < -0.4 is 5.32 Å². The second-order valence-corrected chi connectivity index (χ2v) is 3.82. The Labute approximate surface area is 99.1 Å². The van der Waals surface area contributed by atoms with Crippen LogP contribution in [0.3, 0.4) is 0 Å². The van der Waals surface area contributed by atoms with Crippen molar-refractivity contribution in [3.63, 3.8) is 0 Å². The van der Waals surface area contributed by atoms with Gasteiger partial charge in [0.1, 0.15) is 11.6 Å². The largest absolute Gasteiger partial charge is 0.316 e. The van der Waals surface area contributed by atoms with Crippen LogP contribution in [0.5, 0.6) is 0 Å². The lowest BCUT2D eigenvalue weighted by atomic mass is 10.0. The minimum Gasteiger partial charge on any atom is -0.316 e. The number of halogens is 2. The SMILES string of the molecule is CNCc1ccc(-c2ccccc2F)cc1F. The van der Waals surface area contributed by atoms with Gasteiger partial charge in [-0.3, -0.25) is 0 Å². The van der Waals surface area contributed by atoms with Gasteiger partial charge in [-0.2, -0.15) is 0 Å². The molecule has 2 aromatic rings. The van der Waals surface area contributed by atoms with Gasteiger partial charge >= 0.3 is 0 Å². The summed E-state index contributed by atoms with van der Waals surface area (Å²) < 4.78 is 27.2. The van der Waals surface area contributed by atoms with Gasteiger partial charge in [0.2, 0.25) is 0 Å². The van der Waals surface area contributed by atoms with Crippen LogP contribution in [-0.4, -0.2) is 7.05 Å². The Bertz CT molecular complexity index is 523. The van der Waals surface area contributed by atoms with Gasteiger partial charge in [0, 0.05) is 17.7 Å². The Kier molecular flexibility index (Phi) is 3.49. The summed E-state index contributed by atoms with van der Waals surface area (Å²) in [5, 5.41) is 2.88. The highest BCUT2D eigenvalue weighted by atomic mass is 19.1. The van der Waals surface area contributed by atoms with E-state index in [0.717, 1.165) is 0 Å². The fraction of sp³-hybridized carbons (Fsp3) is 0.143. The summed E-state index contributed by atoms with van der Waals surface area (Å²) in [6, 6.07) is 11.1. The molecule has 0 fully saturated rings. The minimum atomic E-state index is -0.340. The third kappa shape index (κ3) is 2.50. The number of rotatable bonds is 3. The van der Waals surface area contributed by atoms with E-state index in [2.05, 4.69) is 5.32 Å². The van der Waals surface area contributed by atoms with Crippen molar-refractivity contribution in [2.24, 2.45) is 0 Å². The monoisotopic (exact) mass is 233 g/mol. The first-order valence-corrected chi connectivity index (χ1v) is 5.40. The zero-order valence-electron chi connectivity index (χ0n) is 9.50. The van der Waals surface area contributed by atoms with E-state index in [9.17, 15) is 8.78 Å². The average Bonchev–Trinajstić information content (AvgIpc) is 2.33. The molecule has 0 aliphatic carbocycles. The molecule has 1 N–H and O–H groups in total. The van der Waals surface area contributed by atoms with Crippen molar-refractivity contribution in [1.29, 1.82) is 0 Å². The first-order chi connectivity index (χ1) is 8.22. The fourth-order valence-electron chi connectivity index (χ4n) is 1.74. The van der Waals surface area contributed by atoms with Gasteiger partial charge in [-0.25, -0.2) is 8.78 Å². The van der Waals surface area contributed by atoms with Crippen molar-refractivity contribution in [3.8, 4) is 11.1 Å². The third-order valence-corrected chi connectivity index (χ3v) is 2.61. The van der Waals surface area contributed by atoms with E-state index < -0.39 is 0 Å². The number of benzene rings is 2. The minimum absolute atomic E-state index is 0.319. The highest BCUT2D eigenvalue weighted by molar-refractivity contribution is 5.64. The van der Waals surface area contributed by atoms with E-state index >= 15 is 0 Å². The molecule has 0 heterocycles. The van der Waals surface area contributed by atoms with Gasteiger partial charge in [0.05, 0.1) is 0 Å². The highest BCUT2D eigenvalue weighted by Crippen LogP contribution is 2.24. The van der Waals surface area contributed by atoms with Crippen LogP contribution in [0.25, 0.3) is 11.1 Å². The molecule has 0 saturated carbocycles. The molecule has 0 saturated heterocycles. The Hall–Kier alpha value is -1.74. The van der Waals surface area contributed by atoms with Crippen molar-refractivity contribution in [3.05, 3.63) is 59.7 Å². The lowest BCUT2D eigenvalue weighted by Gasteiger charge is -2.06. The van der Waals surface area contributed by atoms with Gasteiger partial charge in [-0.15, -0.1) is 0 Å². The molecule has 0 unspecified atom stereocenters. The zero-order chi connectivity index (χ0) is 12.3. The molecule has 2 aromatic carbocycles. The Balaban J connectivity index is 2.41. The van der Waals surface area contributed by atoms with Gasteiger partial charge in [0.15, 0.2) is 0 Å². The molecule has 0 bridgehead atoms. The fourth-order valence-corrected chi connectivity index (χ4v) is 1.74. The third-order valence-electron chi connectivity index (χ3n) is 2.61. The highest BCUT2D eigenvalue weighted by Gasteiger charge is 2.07. The molecule has 0 radical (unpaired) electrons. The molecule has 17 heavy (non-hydrogen) atoms. The second-order valence-electron chi connectivity index (χ2n) is 3.82. The first kappa shape index (κ1) is 11.7. The van der Waals surface area contributed by atoms with Crippen LogP contribution in [0.1, 0.15) is 5.56 Å². The Morgan fingerprint density at radius 2 is 1.76 bits per heavy atom. The topological polar surface area (TPSA) is 12.0 Å². The molecule has 0 aliphatic rings. The normalized spacial score (nSPS) is 10.5. The first-order valence-electron chi connectivity index (χ1n) is 5.40. The van der Waals surface area contributed by atoms with Crippen molar-refractivity contribution in [2.45, 2.75) is 6.54 Å². The van der Waals surface area contributed by atoms with Crippen molar-refractivity contribution < 1.29 is 8.78 Å². The number of nitrogens with one attached hydrogen (secondary N) is 1. The maximum absolute atomic E-state index is 13.7. The summed E-state index contributed by atoms with van der Waals surface area (Å²) >= 11 is 0. The molecular formula is C14H13F2N. The molecule has 1 nitrogen and oxygen atoms in total. The summed E-state index contributed by atoms with van der Waals surface area (Å²) in [6.07, 6.45) is 0. The molecule has 0 amide bonds. The quantitative estimate of drug-likeness (QED) is 0.857. The lowest BCUT2D eigenvalue weighted by Crippen LogP contribution is -2.06. The van der Waals surface area contributed by atoms with Crippen molar-refractivity contribution >= 4 is 0 Å². The van der Waals surface area contributed by atoms with Crippen molar-refractivity contribution in [1.82, 2.24) is 5.32 Å². The molecule has 0 aliphatic heterocycles. The van der Waals surface area contributed by atoms with E-state index in [1.165, 1.54) is 12.1 Å². The maximum Gasteiger partial charge on any atom is 0.131 e. The summed E-state index contributed by atoms with van der Waals surface area (Å²) in [4.78, 5) is 0. The molecule has 3 heteroatoms. The van der Waals surface area contributed by atoms with Crippen molar-refractivity contribution in [2.75, 3.05) is 7.05 Å². The summed E-state index contributed by atoms with van der Waals surface area (Å²) in [7, 11) is 1.75. The van der Waals surface area contributed by atoms with Gasteiger partial charge < -0.3 is 5.32 Å². The standard InChI is InChI=1S/C14H13F2N/c1-17-9-11-7-6-10(8-14(11)16)12-4-2-3-5-13(12)15/h2-8,17H,9H2,1H3. The Morgan fingerprint density at radius 3 is 2.41 bits per heavy atom. The number of hydrogen-bond donors (Lipinski definition) is 1. The smallest absolute Gasteiger partial charge is 0.131 e. The molecule has 88 valence electrons. The van der Waals surface area contributed by atoms with Gasteiger partial charge in [-0.1, -0.05) is 30.3 Å². The summed E-state index contributed by atoms with van der Waals surface area (Å²) in [5.41, 5.74) is 1.55. The second kappa shape index (κ2) is 5.06. The van der Waals surface area contributed by atoms with Gasteiger partial charge in [-0.05, 0) is 24.7 Å². The van der Waals surface area contributed by atoms with Crippen LogP contribution in [0, 0.1) is 11.6 Å². The van der Waals surface area contributed by atoms with E-state index in [-0.39, 0.29) is 11.6 Å². The molecule has 2 rings (SSSR count). The lowest BCUT2D eigenvalue weighted by molar-refractivity contribution is 0.600. The van der Waals surface area contributed by atoms with E-state index in [1.54, 1.807) is 37.4 Å². The van der Waals surface area contributed by atoms with Crippen LogP contribution in [-0.2, 0) is 6.54 Å². The maximum atomic E-state index is 13.7. The Morgan fingerprint density at radius 1 is 1.00 bits per heavy atom. The van der Waals surface area contributed by atoms with Crippen LogP contribution in [0.4, 0.5) is 8.78 Å². The van der Waals surface area contributed by atoms with E-state index in [0.29, 0.717) is 23.2 Å². The molecular weight excluding hydrogens is 220 g/mol. The van der Waals surface area contributed by atoms with E-state index in [4.69, 9.17) is 0 Å². The van der Waals surface area contributed by atoms with Crippen LogP contribution in [0.2, 0.25) is 0 Å². The average molecular weight is 233 g/mol. The summed E-state index contributed by atoms with van der Waals surface area (Å²) in [6.45, 7) is 0.462. The predicted octanol–water partition coefficient (Wildman–Crippen LogP) is 3.35. The van der Waals surface area contributed by atoms with Crippen LogP contribution >= 0.6 is 0 Å². The number of hydrogen-bond acceptors (Lipinski definition) is 1. The van der Waals surface area contributed by atoms with Gasteiger partial charge in [0.25, 0.3) is 0 Å².